The van der Waals surface area contributed by atoms with Crippen LogP contribution in [0.5, 0.6) is 5.75 Å². The molecule has 0 bridgehead atoms. The number of nitrogens with zero attached hydrogens (tertiary/aromatic N) is 1. The van der Waals surface area contributed by atoms with Crippen LogP contribution >= 0.6 is 11.3 Å². The molecule has 1 aromatic heterocycles. The van der Waals surface area contributed by atoms with E-state index in [9.17, 15) is 9.59 Å². The summed E-state index contributed by atoms with van der Waals surface area (Å²) in [5.41, 5.74) is 0.708. The zero-order valence-corrected chi connectivity index (χ0v) is 17.5. The number of hydrogen-bond donors (Lipinski definition) is 2. The van der Waals surface area contributed by atoms with Crippen molar-refractivity contribution in [3.63, 3.8) is 0 Å². The lowest BCUT2D eigenvalue weighted by Gasteiger charge is -2.15. The van der Waals surface area contributed by atoms with Crippen LogP contribution in [0.3, 0.4) is 0 Å². The Morgan fingerprint density at radius 3 is 2.59 bits per heavy atom. The van der Waals surface area contributed by atoms with Gasteiger partial charge in [0.25, 0.3) is 11.8 Å². The summed E-state index contributed by atoms with van der Waals surface area (Å²) < 4.78 is 5.12. The molecule has 1 aliphatic heterocycles. The SMILES string of the molecule is COc1ccc(C(=O)N/C(=C\c2cccs2)C(=O)NCCCN2CCCC2)cc1. The number of likely N-dealkylation sites (tertiary alicyclic amines) is 1. The number of carbonyl (C=O) groups excluding carboxylic acids is 2. The predicted molar refractivity (Wildman–Crippen MR) is 116 cm³/mol. The molecule has 7 heteroatoms. The summed E-state index contributed by atoms with van der Waals surface area (Å²) in [5, 5.41) is 7.62. The molecule has 2 heterocycles. The van der Waals surface area contributed by atoms with E-state index in [0.29, 0.717) is 17.9 Å². The molecule has 0 spiro atoms. The van der Waals surface area contributed by atoms with Crippen LogP contribution in [-0.2, 0) is 4.79 Å². The van der Waals surface area contributed by atoms with E-state index in [-0.39, 0.29) is 17.5 Å². The predicted octanol–water partition coefficient (Wildman–Crippen LogP) is 3.13. The largest absolute Gasteiger partial charge is 0.497 e. The molecule has 1 aromatic carbocycles. The van der Waals surface area contributed by atoms with E-state index in [1.807, 2.05) is 17.5 Å². The van der Waals surface area contributed by atoms with Gasteiger partial charge >= 0.3 is 0 Å². The minimum absolute atomic E-state index is 0.245. The van der Waals surface area contributed by atoms with Crippen LogP contribution in [0.15, 0.2) is 47.5 Å². The first-order valence-corrected chi connectivity index (χ1v) is 10.7. The van der Waals surface area contributed by atoms with Crippen molar-refractivity contribution in [1.29, 1.82) is 0 Å². The number of hydrogen-bond acceptors (Lipinski definition) is 5. The molecule has 1 aliphatic rings. The van der Waals surface area contributed by atoms with Crippen LogP contribution in [0.2, 0.25) is 0 Å². The van der Waals surface area contributed by atoms with Crippen LogP contribution in [-0.4, -0.2) is 50.0 Å². The summed E-state index contributed by atoms with van der Waals surface area (Å²) >= 11 is 1.51. The minimum atomic E-state index is -0.331. The van der Waals surface area contributed by atoms with Gasteiger partial charge in [-0.05, 0) is 80.7 Å². The summed E-state index contributed by atoms with van der Waals surface area (Å²) in [4.78, 5) is 28.6. The van der Waals surface area contributed by atoms with E-state index in [1.54, 1.807) is 37.5 Å². The molecule has 0 aliphatic carbocycles. The molecule has 2 N–H and O–H groups in total. The zero-order chi connectivity index (χ0) is 20.5. The van der Waals surface area contributed by atoms with Crippen molar-refractivity contribution >= 4 is 29.2 Å². The molecule has 3 rings (SSSR count). The number of methoxy groups -OCH3 is 1. The minimum Gasteiger partial charge on any atom is -0.497 e. The van der Waals surface area contributed by atoms with E-state index in [4.69, 9.17) is 4.74 Å². The molecule has 154 valence electrons. The lowest BCUT2D eigenvalue weighted by Crippen LogP contribution is -2.36. The third kappa shape index (κ3) is 6.44. The van der Waals surface area contributed by atoms with Crippen LogP contribution in [0, 0.1) is 0 Å². The van der Waals surface area contributed by atoms with Gasteiger partial charge in [0.05, 0.1) is 7.11 Å². The fraction of sp³-hybridized carbons (Fsp3) is 0.364. The van der Waals surface area contributed by atoms with Gasteiger partial charge in [0.15, 0.2) is 0 Å². The zero-order valence-electron chi connectivity index (χ0n) is 16.6. The van der Waals surface area contributed by atoms with E-state index >= 15 is 0 Å². The first-order chi connectivity index (χ1) is 14.2. The Bertz CT molecular complexity index is 825. The smallest absolute Gasteiger partial charge is 0.267 e. The molecule has 2 amide bonds. The second kappa shape index (κ2) is 10.8. The van der Waals surface area contributed by atoms with E-state index < -0.39 is 0 Å². The Labute approximate surface area is 175 Å². The van der Waals surface area contributed by atoms with Gasteiger partial charge in [0, 0.05) is 17.0 Å². The van der Waals surface area contributed by atoms with Gasteiger partial charge in [0.1, 0.15) is 11.4 Å². The summed E-state index contributed by atoms with van der Waals surface area (Å²) in [7, 11) is 1.57. The fourth-order valence-corrected chi connectivity index (χ4v) is 3.87. The molecule has 0 unspecified atom stereocenters. The number of benzene rings is 1. The highest BCUT2D eigenvalue weighted by atomic mass is 32.1. The monoisotopic (exact) mass is 413 g/mol. The maximum atomic E-state index is 12.7. The van der Waals surface area contributed by atoms with Crippen molar-refractivity contribution in [1.82, 2.24) is 15.5 Å². The van der Waals surface area contributed by atoms with E-state index in [0.717, 1.165) is 30.9 Å². The highest BCUT2D eigenvalue weighted by molar-refractivity contribution is 7.10. The van der Waals surface area contributed by atoms with Crippen molar-refractivity contribution < 1.29 is 14.3 Å². The molecule has 0 atom stereocenters. The van der Waals surface area contributed by atoms with Gasteiger partial charge in [0.2, 0.25) is 0 Å². The Morgan fingerprint density at radius 1 is 1.17 bits per heavy atom. The molecule has 2 aromatic rings. The first-order valence-electron chi connectivity index (χ1n) is 9.87. The second-order valence-electron chi connectivity index (χ2n) is 6.91. The molecular formula is C22H27N3O3S. The van der Waals surface area contributed by atoms with Gasteiger partial charge in [-0.15, -0.1) is 11.3 Å². The maximum Gasteiger partial charge on any atom is 0.267 e. The number of rotatable bonds is 9. The number of amides is 2. The molecule has 6 nitrogen and oxygen atoms in total. The van der Waals surface area contributed by atoms with E-state index in [1.165, 1.54) is 24.2 Å². The summed E-state index contributed by atoms with van der Waals surface area (Å²) in [6.07, 6.45) is 5.13. The maximum absolute atomic E-state index is 12.7. The summed E-state index contributed by atoms with van der Waals surface area (Å²) in [5.74, 6) is 0.0657. The lowest BCUT2D eigenvalue weighted by molar-refractivity contribution is -0.117. The first kappa shape index (κ1) is 21.1. The molecule has 1 saturated heterocycles. The van der Waals surface area contributed by atoms with Crippen molar-refractivity contribution in [3.05, 3.63) is 57.9 Å². The Hall–Kier alpha value is -2.64. The summed E-state index contributed by atoms with van der Waals surface area (Å²) in [6.45, 7) is 3.86. The van der Waals surface area contributed by atoms with Gasteiger partial charge in [-0.2, -0.15) is 0 Å². The van der Waals surface area contributed by atoms with Crippen LogP contribution in [0.1, 0.15) is 34.5 Å². The van der Waals surface area contributed by atoms with E-state index in [2.05, 4.69) is 15.5 Å². The molecular weight excluding hydrogens is 386 g/mol. The lowest BCUT2D eigenvalue weighted by atomic mass is 10.2. The van der Waals surface area contributed by atoms with Gasteiger partial charge < -0.3 is 20.3 Å². The van der Waals surface area contributed by atoms with Crippen molar-refractivity contribution in [2.24, 2.45) is 0 Å². The van der Waals surface area contributed by atoms with Crippen LogP contribution < -0.4 is 15.4 Å². The normalized spacial score (nSPS) is 14.6. The number of carbonyl (C=O) groups is 2. The van der Waals surface area contributed by atoms with Crippen LogP contribution in [0.25, 0.3) is 6.08 Å². The molecule has 0 radical (unpaired) electrons. The third-order valence-electron chi connectivity index (χ3n) is 4.81. The van der Waals surface area contributed by atoms with Crippen molar-refractivity contribution in [2.75, 3.05) is 33.3 Å². The van der Waals surface area contributed by atoms with Gasteiger partial charge in [-0.25, -0.2) is 0 Å². The van der Waals surface area contributed by atoms with Gasteiger partial charge in [-0.1, -0.05) is 6.07 Å². The molecule has 1 fully saturated rings. The van der Waals surface area contributed by atoms with Crippen LogP contribution in [0.4, 0.5) is 0 Å². The number of nitrogens with one attached hydrogen (secondary N) is 2. The highest BCUT2D eigenvalue weighted by Crippen LogP contribution is 2.15. The molecule has 29 heavy (non-hydrogen) atoms. The third-order valence-corrected chi connectivity index (χ3v) is 5.63. The Morgan fingerprint density at radius 2 is 1.93 bits per heavy atom. The standard InChI is InChI=1S/C22H27N3O3S/c1-28-18-9-7-17(8-10-18)21(26)24-20(16-19-6-4-15-29-19)22(27)23-11-5-14-25-12-2-3-13-25/h4,6-10,15-16H,2-3,5,11-14H2,1H3,(H,23,27)(H,24,26)/b20-16-. The fourth-order valence-electron chi connectivity index (χ4n) is 3.22. The quantitative estimate of drug-likeness (QED) is 0.489. The van der Waals surface area contributed by atoms with Gasteiger partial charge in [-0.3, -0.25) is 9.59 Å². The Kier molecular flexibility index (Phi) is 7.84. The highest BCUT2D eigenvalue weighted by Gasteiger charge is 2.15. The average Bonchev–Trinajstić information content (AvgIpc) is 3.45. The Balaban J connectivity index is 1.60. The second-order valence-corrected chi connectivity index (χ2v) is 7.89. The topological polar surface area (TPSA) is 70.7 Å². The van der Waals surface area contributed by atoms with Crippen molar-refractivity contribution in [2.45, 2.75) is 19.3 Å². The summed E-state index contributed by atoms with van der Waals surface area (Å²) in [6, 6.07) is 10.6. The molecule has 0 saturated carbocycles. The van der Waals surface area contributed by atoms with Crippen molar-refractivity contribution in [3.8, 4) is 5.75 Å². The number of thiophene rings is 1. The number of ether oxygens (including phenoxy) is 1. The average molecular weight is 414 g/mol.